The summed E-state index contributed by atoms with van der Waals surface area (Å²) in [4.78, 5) is 28.4. The molecule has 198 valence electrons. The van der Waals surface area contributed by atoms with Gasteiger partial charge < -0.3 is 19.3 Å². The minimum Gasteiger partial charge on any atom is -0.507 e. The molecule has 3 aromatic rings. The Hall–Kier alpha value is -3.97. The number of benzene rings is 3. The molecule has 1 saturated heterocycles. The van der Waals surface area contributed by atoms with E-state index in [1.165, 1.54) is 31.3 Å². The SMILES string of the molecule is CCOc1ccc(N2C(=O)C(=O)/C(=C(/O)c3cc(OC)c(Cl)cc3OC)C2c2ccc(C(C)C)cc2)cc1. The number of carbonyl (C=O) groups excluding carboxylic acids is 2. The van der Waals surface area contributed by atoms with E-state index in [1.807, 2.05) is 31.2 Å². The number of halogens is 1. The lowest BCUT2D eigenvalue weighted by molar-refractivity contribution is -0.132. The second-order valence-electron chi connectivity index (χ2n) is 9.10. The fraction of sp³-hybridized carbons (Fsp3) is 0.267. The van der Waals surface area contributed by atoms with Crippen LogP contribution < -0.4 is 19.1 Å². The molecule has 8 heteroatoms. The van der Waals surface area contributed by atoms with Crippen LogP contribution >= 0.6 is 11.6 Å². The maximum Gasteiger partial charge on any atom is 0.300 e. The number of aliphatic hydroxyl groups excluding tert-OH is 1. The number of carbonyl (C=O) groups is 2. The monoisotopic (exact) mass is 535 g/mol. The van der Waals surface area contributed by atoms with Gasteiger partial charge in [0.1, 0.15) is 23.0 Å². The maximum atomic E-state index is 13.5. The van der Waals surface area contributed by atoms with Gasteiger partial charge in [0, 0.05) is 11.8 Å². The summed E-state index contributed by atoms with van der Waals surface area (Å²) in [5.41, 5.74) is 2.39. The zero-order valence-corrected chi connectivity index (χ0v) is 22.7. The zero-order valence-electron chi connectivity index (χ0n) is 21.9. The van der Waals surface area contributed by atoms with E-state index < -0.39 is 17.7 Å². The number of methoxy groups -OCH3 is 2. The van der Waals surface area contributed by atoms with Crippen molar-refractivity contribution in [2.75, 3.05) is 25.7 Å². The van der Waals surface area contributed by atoms with Crippen molar-refractivity contribution in [3.63, 3.8) is 0 Å². The van der Waals surface area contributed by atoms with Gasteiger partial charge in [-0.05, 0) is 54.3 Å². The van der Waals surface area contributed by atoms with Crippen LogP contribution in [0.25, 0.3) is 5.76 Å². The van der Waals surface area contributed by atoms with Crippen molar-refractivity contribution in [2.24, 2.45) is 0 Å². The first-order chi connectivity index (χ1) is 18.2. The van der Waals surface area contributed by atoms with Crippen molar-refractivity contribution >= 4 is 34.7 Å². The first kappa shape index (κ1) is 27.1. The molecule has 1 N–H and O–H groups in total. The Labute approximate surface area is 227 Å². The Bertz CT molecular complexity index is 1380. The molecule has 1 unspecified atom stereocenters. The van der Waals surface area contributed by atoms with Gasteiger partial charge in [0.25, 0.3) is 11.7 Å². The van der Waals surface area contributed by atoms with Crippen molar-refractivity contribution in [2.45, 2.75) is 32.7 Å². The second kappa shape index (κ2) is 11.2. The number of hydrogen-bond acceptors (Lipinski definition) is 6. The van der Waals surface area contributed by atoms with Gasteiger partial charge in [-0.2, -0.15) is 0 Å². The first-order valence-corrected chi connectivity index (χ1v) is 12.6. The summed E-state index contributed by atoms with van der Waals surface area (Å²) in [7, 11) is 2.87. The Morgan fingerprint density at radius 1 is 0.974 bits per heavy atom. The quantitative estimate of drug-likeness (QED) is 0.201. The first-order valence-electron chi connectivity index (χ1n) is 12.3. The molecular formula is C30H30ClNO6. The summed E-state index contributed by atoms with van der Waals surface area (Å²) in [5, 5.41) is 11.8. The average molecular weight is 536 g/mol. The average Bonchev–Trinajstić information content (AvgIpc) is 3.18. The number of aliphatic hydroxyl groups is 1. The molecule has 4 rings (SSSR count). The van der Waals surface area contributed by atoms with Gasteiger partial charge in [-0.3, -0.25) is 14.5 Å². The molecule has 1 amide bonds. The summed E-state index contributed by atoms with van der Waals surface area (Å²) < 4.78 is 16.3. The van der Waals surface area contributed by atoms with E-state index in [0.717, 1.165) is 5.56 Å². The maximum absolute atomic E-state index is 13.5. The van der Waals surface area contributed by atoms with Crippen molar-refractivity contribution in [1.82, 2.24) is 0 Å². The molecule has 38 heavy (non-hydrogen) atoms. The van der Waals surface area contributed by atoms with E-state index in [4.69, 9.17) is 25.8 Å². The van der Waals surface area contributed by atoms with Crippen LogP contribution in [0.5, 0.6) is 17.2 Å². The lowest BCUT2D eigenvalue weighted by Crippen LogP contribution is -2.29. The smallest absolute Gasteiger partial charge is 0.300 e. The second-order valence-corrected chi connectivity index (χ2v) is 9.51. The number of Topliss-reactive ketones (excluding diaryl/α,β-unsaturated/α-hetero) is 1. The van der Waals surface area contributed by atoms with Gasteiger partial charge in [0.05, 0.1) is 43.0 Å². The van der Waals surface area contributed by atoms with Gasteiger partial charge in [0.2, 0.25) is 0 Å². The van der Waals surface area contributed by atoms with E-state index in [1.54, 1.807) is 24.3 Å². The van der Waals surface area contributed by atoms with Gasteiger partial charge >= 0.3 is 0 Å². The molecule has 0 radical (unpaired) electrons. The van der Waals surface area contributed by atoms with Crippen molar-refractivity contribution in [3.05, 3.63) is 87.9 Å². The van der Waals surface area contributed by atoms with Crippen LogP contribution in [0.4, 0.5) is 5.69 Å². The van der Waals surface area contributed by atoms with Crippen molar-refractivity contribution in [3.8, 4) is 17.2 Å². The van der Waals surface area contributed by atoms with Gasteiger partial charge in [-0.15, -0.1) is 0 Å². The van der Waals surface area contributed by atoms with E-state index in [0.29, 0.717) is 29.5 Å². The molecular weight excluding hydrogens is 506 g/mol. The number of rotatable bonds is 8. The minimum atomic E-state index is -0.888. The molecule has 0 spiro atoms. The summed E-state index contributed by atoms with van der Waals surface area (Å²) in [5.74, 6) is -0.501. The number of ether oxygens (including phenoxy) is 3. The summed E-state index contributed by atoms with van der Waals surface area (Å²) >= 11 is 6.26. The highest BCUT2D eigenvalue weighted by Gasteiger charge is 2.47. The summed E-state index contributed by atoms with van der Waals surface area (Å²) in [6.45, 7) is 6.55. The number of anilines is 1. The predicted molar refractivity (Wildman–Crippen MR) is 147 cm³/mol. The predicted octanol–water partition coefficient (Wildman–Crippen LogP) is 6.51. The Morgan fingerprint density at radius 2 is 1.61 bits per heavy atom. The van der Waals surface area contributed by atoms with Crippen molar-refractivity contribution < 1.29 is 28.9 Å². The molecule has 1 heterocycles. The number of amides is 1. The van der Waals surface area contributed by atoms with Crippen LogP contribution in [-0.4, -0.2) is 37.6 Å². The Morgan fingerprint density at radius 3 is 2.16 bits per heavy atom. The third-order valence-corrected chi connectivity index (χ3v) is 6.81. The topological polar surface area (TPSA) is 85.3 Å². The molecule has 0 bridgehead atoms. The normalized spacial score (nSPS) is 16.7. The fourth-order valence-electron chi connectivity index (χ4n) is 4.54. The van der Waals surface area contributed by atoms with E-state index in [2.05, 4.69) is 13.8 Å². The van der Waals surface area contributed by atoms with Crippen LogP contribution in [-0.2, 0) is 9.59 Å². The third-order valence-electron chi connectivity index (χ3n) is 6.52. The number of hydrogen-bond donors (Lipinski definition) is 1. The van der Waals surface area contributed by atoms with E-state index in [9.17, 15) is 14.7 Å². The molecule has 1 fully saturated rings. The van der Waals surface area contributed by atoms with Crippen LogP contribution in [0.1, 0.15) is 49.4 Å². The molecule has 0 aliphatic carbocycles. The minimum absolute atomic E-state index is 0.0659. The number of ketones is 1. The number of nitrogens with zero attached hydrogens (tertiary/aromatic N) is 1. The highest BCUT2D eigenvalue weighted by molar-refractivity contribution is 6.51. The highest BCUT2D eigenvalue weighted by Crippen LogP contribution is 2.45. The lowest BCUT2D eigenvalue weighted by atomic mass is 9.93. The molecule has 3 aromatic carbocycles. The van der Waals surface area contributed by atoms with Gasteiger partial charge in [-0.25, -0.2) is 0 Å². The molecule has 0 saturated carbocycles. The zero-order chi connectivity index (χ0) is 27.6. The largest absolute Gasteiger partial charge is 0.507 e. The third kappa shape index (κ3) is 4.94. The van der Waals surface area contributed by atoms with Gasteiger partial charge in [-0.1, -0.05) is 49.7 Å². The Kier molecular flexibility index (Phi) is 7.97. The summed E-state index contributed by atoms with van der Waals surface area (Å²) in [6.07, 6.45) is 0. The van der Waals surface area contributed by atoms with E-state index >= 15 is 0 Å². The standard InChI is InChI=1S/C30H30ClNO6/c1-6-38-21-13-11-20(12-14-21)32-27(19-9-7-18(8-10-19)17(2)3)26(29(34)30(32)35)28(33)22-15-25(37-5)23(31)16-24(22)36-4/h7-17,27,33H,6H2,1-5H3/b28-26+. The van der Waals surface area contributed by atoms with Gasteiger partial charge in [0.15, 0.2) is 0 Å². The fourth-order valence-corrected chi connectivity index (χ4v) is 4.77. The molecule has 1 aliphatic heterocycles. The lowest BCUT2D eigenvalue weighted by Gasteiger charge is -2.26. The van der Waals surface area contributed by atoms with E-state index in [-0.39, 0.29) is 33.4 Å². The van der Waals surface area contributed by atoms with Crippen LogP contribution in [0.15, 0.2) is 66.2 Å². The molecule has 7 nitrogen and oxygen atoms in total. The van der Waals surface area contributed by atoms with Crippen LogP contribution in [0.3, 0.4) is 0 Å². The molecule has 1 atom stereocenters. The molecule has 1 aliphatic rings. The highest BCUT2D eigenvalue weighted by atomic mass is 35.5. The van der Waals surface area contributed by atoms with Crippen LogP contribution in [0.2, 0.25) is 5.02 Å². The van der Waals surface area contributed by atoms with Crippen molar-refractivity contribution in [1.29, 1.82) is 0 Å². The Balaban J connectivity index is 1.94. The molecule has 0 aromatic heterocycles. The summed E-state index contributed by atoms with van der Waals surface area (Å²) in [6, 6.07) is 16.7. The van der Waals surface area contributed by atoms with Crippen LogP contribution in [0, 0.1) is 0 Å².